The van der Waals surface area contributed by atoms with Crippen molar-refractivity contribution in [2.45, 2.75) is 38.2 Å². The highest BCUT2D eigenvalue weighted by Gasteiger charge is 2.25. The molecule has 1 fully saturated rings. The normalized spacial score (nSPS) is 29.8. The Hall–Kier alpha value is -0.570. The third-order valence-electron chi connectivity index (χ3n) is 2.53. The Morgan fingerprint density at radius 1 is 1.50 bits per heavy atom. The first-order valence-electron chi connectivity index (χ1n) is 4.49. The summed E-state index contributed by atoms with van der Waals surface area (Å²) in [5.74, 6) is -0.0767. The fraction of sp³-hybridized carbons (Fsp3) is 0.889. The van der Waals surface area contributed by atoms with E-state index in [2.05, 4.69) is 4.74 Å². The van der Waals surface area contributed by atoms with Crippen LogP contribution in [-0.4, -0.2) is 24.3 Å². The second kappa shape index (κ2) is 4.45. The highest BCUT2D eigenvalue weighted by molar-refractivity contribution is 5.69. The molecular weight excluding hydrogens is 156 g/mol. The van der Waals surface area contributed by atoms with Crippen LogP contribution in [0.5, 0.6) is 0 Å². The molecule has 0 spiro atoms. The van der Waals surface area contributed by atoms with Gasteiger partial charge in [-0.15, -0.1) is 0 Å². The average Bonchev–Trinajstić information content (AvgIpc) is 2.09. The van der Waals surface area contributed by atoms with E-state index in [9.17, 15) is 9.90 Å². The summed E-state index contributed by atoms with van der Waals surface area (Å²) in [7, 11) is 1.39. The van der Waals surface area contributed by atoms with Crippen LogP contribution in [0.2, 0.25) is 0 Å². The number of carbonyl (C=O) groups is 1. The highest BCUT2D eigenvalue weighted by Crippen LogP contribution is 2.26. The van der Waals surface area contributed by atoms with Crippen LogP contribution in [0.15, 0.2) is 0 Å². The van der Waals surface area contributed by atoms with Crippen molar-refractivity contribution < 1.29 is 14.6 Å². The third-order valence-corrected chi connectivity index (χ3v) is 2.53. The smallest absolute Gasteiger partial charge is 0.305 e. The number of aliphatic hydroxyl groups is 1. The summed E-state index contributed by atoms with van der Waals surface area (Å²) in [6.45, 7) is 0. The molecule has 0 aliphatic heterocycles. The zero-order valence-corrected chi connectivity index (χ0v) is 7.45. The van der Waals surface area contributed by atoms with Gasteiger partial charge in [-0.05, 0) is 18.8 Å². The Bertz CT molecular complexity index is 156. The molecule has 3 nitrogen and oxygen atoms in total. The summed E-state index contributed by atoms with van der Waals surface area (Å²) in [5.41, 5.74) is 0. The quantitative estimate of drug-likeness (QED) is 0.634. The molecule has 1 saturated carbocycles. The van der Waals surface area contributed by atoms with Gasteiger partial charge in [-0.1, -0.05) is 12.8 Å². The van der Waals surface area contributed by atoms with E-state index in [0.29, 0.717) is 6.42 Å². The SMILES string of the molecule is COC(=O)CC1CCCC[C@@H]1O. The fourth-order valence-corrected chi connectivity index (χ4v) is 1.72. The van der Waals surface area contributed by atoms with Crippen molar-refractivity contribution in [2.24, 2.45) is 5.92 Å². The molecule has 0 aromatic carbocycles. The first-order chi connectivity index (χ1) is 5.74. The van der Waals surface area contributed by atoms with E-state index in [0.717, 1.165) is 25.7 Å². The number of esters is 1. The van der Waals surface area contributed by atoms with Gasteiger partial charge in [0.1, 0.15) is 0 Å². The predicted molar refractivity (Wildman–Crippen MR) is 44.6 cm³/mol. The number of carbonyl (C=O) groups excluding carboxylic acids is 1. The topological polar surface area (TPSA) is 46.5 Å². The molecule has 0 heterocycles. The van der Waals surface area contributed by atoms with Gasteiger partial charge in [-0.25, -0.2) is 0 Å². The van der Waals surface area contributed by atoms with Gasteiger partial charge < -0.3 is 9.84 Å². The molecule has 3 heteroatoms. The van der Waals surface area contributed by atoms with Crippen LogP contribution in [-0.2, 0) is 9.53 Å². The number of hydrogen-bond acceptors (Lipinski definition) is 3. The molecule has 0 aromatic heterocycles. The van der Waals surface area contributed by atoms with Gasteiger partial charge in [0, 0.05) is 0 Å². The summed E-state index contributed by atoms with van der Waals surface area (Å²) in [4.78, 5) is 10.9. The first kappa shape index (κ1) is 9.52. The summed E-state index contributed by atoms with van der Waals surface area (Å²) >= 11 is 0. The summed E-state index contributed by atoms with van der Waals surface area (Å²) < 4.78 is 4.55. The van der Waals surface area contributed by atoms with E-state index < -0.39 is 0 Å². The van der Waals surface area contributed by atoms with Gasteiger partial charge >= 0.3 is 5.97 Å². The van der Waals surface area contributed by atoms with Crippen molar-refractivity contribution >= 4 is 5.97 Å². The van der Waals surface area contributed by atoms with Gasteiger partial charge in [0.2, 0.25) is 0 Å². The molecule has 12 heavy (non-hydrogen) atoms. The Kier molecular flexibility index (Phi) is 3.53. The molecule has 0 radical (unpaired) electrons. The van der Waals surface area contributed by atoms with E-state index in [1.807, 2.05) is 0 Å². The number of methoxy groups -OCH3 is 1. The minimum absolute atomic E-state index is 0.131. The van der Waals surface area contributed by atoms with Crippen LogP contribution in [0.3, 0.4) is 0 Å². The maximum absolute atomic E-state index is 10.9. The lowest BCUT2D eigenvalue weighted by Gasteiger charge is -2.26. The van der Waals surface area contributed by atoms with Gasteiger partial charge in [-0.2, -0.15) is 0 Å². The zero-order chi connectivity index (χ0) is 8.97. The van der Waals surface area contributed by atoms with Gasteiger partial charge in [0.05, 0.1) is 19.6 Å². The molecule has 1 aliphatic rings. The van der Waals surface area contributed by atoms with E-state index in [-0.39, 0.29) is 18.0 Å². The van der Waals surface area contributed by atoms with Crippen molar-refractivity contribution in [3.8, 4) is 0 Å². The van der Waals surface area contributed by atoms with E-state index in [4.69, 9.17) is 0 Å². The van der Waals surface area contributed by atoms with Crippen LogP contribution in [0, 0.1) is 5.92 Å². The fourth-order valence-electron chi connectivity index (χ4n) is 1.72. The van der Waals surface area contributed by atoms with E-state index in [1.165, 1.54) is 7.11 Å². The lowest BCUT2D eigenvalue weighted by Crippen LogP contribution is -2.26. The lowest BCUT2D eigenvalue weighted by molar-refractivity contribution is -0.143. The monoisotopic (exact) mass is 172 g/mol. The largest absolute Gasteiger partial charge is 0.469 e. The van der Waals surface area contributed by atoms with Gasteiger partial charge in [0.15, 0.2) is 0 Å². The maximum atomic E-state index is 10.9. The standard InChI is InChI=1S/C9H16O3/c1-12-9(11)6-7-4-2-3-5-8(7)10/h7-8,10H,2-6H2,1H3/t7?,8-/m0/s1. The second-order valence-corrected chi connectivity index (χ2v) is 3.39. The number of aliphatic hydroxyl groups excluding tert-OH is 1. The van der Waals surface area contributed by atoms with Crippen molar-refractivity contribution in [1.82, 2.24) is 0 Å². The summed E-state index contributed by atoms with van der Waals surface area (Å²) in [6.07, 6.45) is 4.07. The van der Waals surface area contributed by atoms with E-state index >= 15 is 0 Å². The van der Waals surface area contributed by atoms with Crippen LogP contribution in [0.4, 0.5) is 0 Å². The molecular formula is C9H16O3. The highest BCUT2D eigenvalue weighted by atomic mass is 16.5. The Morgan fingerprint density at radius 3 is 2.75 bits per heavy atom. The number of rotatable bonds is 2. The van der Waals surface area contributed by atoms with Crippen LogP contribution in [0.25, 0.3) is 0 Å². The summed E-state index contributed by atoms with van der Waals surface area (Å²) in [5, 5.41) is 9.51. The number of hydrogen-bond donors (Lipinski definition) is 1. The van der Waals surface area contributed by atoms with Gasteiger partial charge in [0.25, 0.3) is 0 Å². The zero-order valence-electron chi connectivity index (χ0n) is 7.45. The molecule has 0 bridgehead atoms. The molecule has 1 aliphatic carbocycles. The average molecular weight is 172 g/mol. The van der Waals surface area contributed by atoms with Crippen molar-refractivity contribution in [3.63, 3.8) is 0 Å². The predicted octanol–water partition coefficient (Wildman–Crippen LogP) is 1.10. The molecule has 70 valence electrons. The van der Waals surface area contributed by atoms with Crippen molar-refractivity contribution in [1.29, 1.82) is 0 Å². The molecule has 2 atom stereocenters. The first-order valence-corrected chi connectivity index (χ1v) is 4.49. The lowest BCUT2D eigenvalue weighted by atomic mass is 9.84. The Balaban J connectivity index is 2.33. The Labute approximate surface area is 72.7 Å². The third kappa shape index (κ3) is 2.48. The summed E-state index contributed by atoms with van der Waals surface area (Å²) in [6, 6.07) is 0. The number of ether oxygens (including phenoxy) is 1. The van der Waals surface area contributed by atoms with Crippen LogP contribution < -0.4 is 0 Å². The minimum Gasteiger partial charge on any atom is -0.469 e. The molecule has 1 unspecified atom stereocenters. The molecule has 1 N–H and O–H groups in total. The molecule has 1 rings (SSSR count). The molecule has 0 amide bonds. The Morgan fingerprint density at radius 2 is 2.17 bits per heavy atom. The van der Waals surface area contributed by atoms with Crippen molar-refractivity contribution in [2.75, 3.05) is 7.11 Å². The van der Waals surface area contributed by atoms with Crippen molar-refractivity contribution in [3.05, 3.63) is 0 Å². The van der Waals surface area contributed by atoms with E-state index in [1.54, 1.807) is 0 Å². The molecule has 0 saturated heterocycles. The van der Waals surface area contributed by atoms with Crippen LogP contribution in [0.1, 0.15) is 32.1 Å². The maximum Gasteiger partial charge on any atom is 0.305 e. The molecule has 0 aromatic rings. The van der Waals surface area contributed by atoms with Crippen LogP contribution >= 0.6 is 0 Å². The minimum atomic E-state index is -0.294. The van der Waals surface area contributed by atoms with Gasteiger partial charge in [-0.3, -0.25) is 4.79 Å². The second-order valence-electron chi connectivity index (χ2n) is 3.39.